The zero-order valence-electron chi connectivity index (χ0n) is 21.3. The SMILES string of the molecule is CC1(C)C2=C(c3ccccc31)n1c3ccccc3c3cc4c5ccccc5n5c4c(c31)B2c1ccccc1-5. The fourth-order valence-corrected chi connectivity index (χ4v) is 8.32. The first-order valence-electron chi connectivity index (χ1n) is 13.6. The van der Waals surface area contributed by atoms with Gasteiger partial charge in [0.1, 0.15) is 0 Å². The number of para-hydroxylation sites is 3. The predicted molar refractivity (Wildman–Crippen MR) is 161 cm³/mol. The standard InChI is InChI=1S/C35H23BN2/c1-35(2)25-14-6-3-13-22(25)33-34(35)36-26-15-7-10-18-29(26)37-27-16-8-4-11-20(27)23-19-24-21-12-5-9-17-28(21)38(33)32(24)30(36)31(23)37/h3-19H,1-2H3. The fourth-order valence-electron chi connectivity index (χ4n) is 8.32. The van der Waals surface area contributed by atoms with E-state index in [9.17, 15) is 0 Å². The lowest BCUT2D eigenvalue weighted by Gasteiger charge is -2.37. The molecule has 3 aliphatic rings. The van der Waals surface area contributed by atoms with E-state index in [-0.39, 0.29) is 12.1 Å². The van der Waals surface area contributed by atoms with Crippen LogP contribution in [-0.4, -0.2) is 15.8 Å². The van der Waals surface area contributed by atoms with Crippen LogP contribution in [0, 0.1) is 0 Å². The van der Waals surface area contributed by atoms with E-state index in [0.717, 1.165) is 0 Å². The van der Waals surface area contributed by atoms with Crippen molar-refractivity contribution < 1.29 is 0 Å². The van der Waals surface area contributed by atoms with Gasteiger partial charge in [-0.25, -0.2) is 0 Å². The van der Waals surface area contributed by atoms with Crippen molar-refractivity contribution in [1.82, 2.24) is 9.13 Å². The van der Waals surface area contributed by atoms with Crippen molar-refractivity contribution in [3.05, 3.63) is 120 Å². The minimum atomic E-state index is -0.0879. The Morgan fingerprint density at radius 1 is 0.605 bits per heavy atom. The summed E-state index contributed by atoms with van der Waals surface area (Å²) in [4.78, 5) is 0. The van der Waals surface area contributed by atoms with Crippen molar-refractivity contribution in [2.24, 2.45) is 0 Å². The highest BCUT2D eigenvalue weighted by molar-refractivity contribution is 6.96. The van der Waals surface area contributed by atoms with Crippen LogP contribution >= 0.6 is 0 Å². The van der Waals surface area contributed by atoms with Gasteiger partial charge in [-0.3, -0.25) is 0 Å². The number of nitrogens with zero attached hydrogens (tertiary/aromatic N) is 2. The predicted octanol–water partition coefficient (Wildman–Crippen LogP) is 6.92. The van der Waals surface area contributed by atoms with Gasteiger partial charge in [0, 0.05) is 43.9 Å². The first-order chi connectivity index (χ1) is 18.7. The summed E-state index contributed by atoms with van der Waals surface area (Å²) in [5, 5.41) is 5.40. The molecule has 3 heteroatoms. The molecule has 10 rings (SSSR count). The molecule has 2 aromatic heterocycles. The third-order valence-electron chi connectivity index (χ3n) is 9.70. The van der Waals surface area contributed by atoms with Crippen LogP contribution in [0.3, 0.4) is 0 Å². The number of aromatic nitrogens is 2. The number of hydrogen-bond donors (Lipinski definition) is 0. The summed E-state index contributed by atoms with van der Waals surface area (Å²) in [7, 11) is 0. The summed E-state index contributed by atoms with van der Waals surface area (Å²) in [6.45, 7) is 5.09. The number of benzene rings is 5. The summed E-state index contributed by atoms with van der Waals surface area (Å²) in [5.74, 6) is 0. The van der Waals surface area contributed by atoms with Crippen molar-refractivity contribution in [2.45, 2.75) is 19.3 Å². The first kappa shape index (κ1) is 19.6. The van der Waals surface area contributed by atoms with Gasteiger partial charge in [0.25, 0.3) is 0 Å². The van der Waals surface area contributed by atoms with Gasteiger partial charge >= 0.3 is 0 Å². The minimum absolute atomic E-state index is 0.0879. The first-order valence-corrected chi connectivity index (χ1v) is 13.6. The smallest absolute Gasteiger partial charge is 0.248 e. The minimum Gasteiger partial charge on any atom is -0.310 e. The van der Waals surface area contributed by atoms with Crippen LogP contribution in [-0.2, 0) is 5.41 Å². The Bertz CT molecular complexity index is 2270. The Labute approximate surface area is 220 Å². The zero-order chi connectivity index (χ0) is 24.9. The Morgan fingerprint density at radius 2 is 1.21 bits per heavy atom. The molecule has 0 amide bonds. The largest absolute Gasteiger partial charge is 0.310 e. The van der Waals surface area contributed by atoms with Gasteiger partial charge in [-0.05, 0) is 40.8 Å². The second kappa shape index (κ2) is 6.14. The molecule has 2 nitrogen and oxygen atoms in total. The quantitative estimate of drug-likeness (QED) is 0.208. The second-order valence-electron chi connectivity index (χ2n) is 11.7. The van der Waals surface area contributed by atoms with E-state index >= 15 is 0 Å². The van der Waals surface area contributed by atoms with Gasteiger partial charge in [-0.1, -0.05) is 98.2 Å². The molecule has 0 saturated heterocycles. The van der Waals surface area contributed by atoms with Crippen molar-refractivity contribution >= 4 is 66.9 Å². The average molecular weight is 482 g/mol. The molecule has 4 heterocycles. The van der Waals surface area contributed by atoms with Crippen LogP contribution < -0.4 is 10.9 Å². The average Bonchev–Trinajstić information content (AvgIpc) is 3.55. The van der Waals surface area contributed by atoms with Crippen molar-refractivity contribution in [1.29, 1.82) is 0 Å². The van der Waals surface area contributed by atoms with Crippen LogP contribution in [0.15, 0.2) is 109 Å². The molecule has 0 radical (unpaired) electrons. The van der Waals surface area contributed by atoms with Crippen molar-refractivity contribution in [2.75, 3.05) is 0 Å². The molecule has 7 aromatic rings. The van der Waals surface area contributed by atoms with Crippen LogP contribution in [0.5, 0.6) is 0 Å². The van der Waals surface area contributed by atoms with E-state index < -0.39 is 0 Å². The van der Waals surface area contributed by atoms with E-state index in [4.69, 9.17) is 0 Å². The van der Waals surface area contributed by atoms with E-state index in [1.165, 1.54) is 82.5 Å². The van der Waals surface area contributed by atoms with Gasteiger partial charge in [-0.15, -0.1) is 0 Å². The maximum atomic E-state index is 2.62. The molecule has 0 atom stereocenters. The molecular weight excluding hydrogens is 459 g/mol. The normalized spacial score (nSPS) is 16.2. The monoisotopic (exact) mass is 482 g/mol. The molecule has 0 fully saturated rings. The molecule has 5 aromatic carbocycles. The maximum absolute atomic E-state index is 2.62. The highest BCUT2D eigenvalue weighted by Crippen LogP contribution is 2.53. The van der Waals surface area contributed by atoms with Crippen LogP contribution in [0.1, 0.15) is 25.0 Å². The Kier molecular flexibility index (Phi) is 3.16. The van der Waals surface area contributed by atoms with Gasteiger partial charge in [0.15, 0.2) is 0 Å². The molecule has 0 unspecified atom stereocenters. The van der Waals surface area contributed by atoms with Gasteiger partial charge in [-0.2, -0.15) is 0 Å². The lowest BCUT2D eigenvalue weighted by Crippen LogP contribution is -2.54. The van der Waals surface area contributed by atoms with Gasteiger partial charge < -0.3 is 9.13 Å². The Morgan fingerprint density at radius 3 is 2.00 bits per heavy atom. The third-order valence-corrected chi connectivity index (χ3v) is 9.70. The van der Waals surface area contributed by atoms with E-state index in [1.54, 1.807) is 0 Å². The van der Waals surface area contributed by atoms with Crippen molar-refractivity contribution in [3.8, 4) is 5.69 Å². The van der Waals surface area contributed by atoms with Crippen molar-refractivity contribution in [3.63, 3.8) is 0 Å². The summed E-state index contributed by atoms with van der Waals surface area (Å²) in [5.41, 5.74) is 15.2. The number of fused-ring (bicyclic) bond motifs is 13. The molecule has 38 heavy (non-hydrogen) atoms. The van der Waals surface area contributed by atoms with Crippen LogP contribution in [0.4, 0.5) is 0 Å². The number of rotatable bonds is 0. The Hall–Kier alpha value is -4.50. The molecule has 1 aliphatic carbocycles. The molecule has 0 bridgehead atoms. The summed E-state index contributed by atoms with van der Waals surface area (Å²) in [6.07, 6.45) is 0. The molecule has 0 N–H and O–H groups in total. The number of allylic oxidation sites excluding steroid dienone is 1. The Balaban J connectivity index is 1.56. The topological polar surface area (TPSA) is 9.86 Å². The van der Waals surface area contributed by atoms with E-state index in [2.05, 4.69) is 126 Å². The molecular formula is C35H23BN2. The zero-order valence-corrected chi connectivity index (χ0v) is 21.3. The fraction of sp³-hybridized carbons (Fsp3) is 0.0857. The molecule has 0 spiro atoms. The maximum Gasteiger partial charge on any atom is 0.248 e. The van der Waals surface area contributed by atoms with E-state index in [1.807, 2.05) is 0 Å². The molecule has 0 saturated carbocycles. The third kappa shape index (κ3) is 1.92. The van der Waals surface area contributed by atoms with E-state index in [0.29, 0.717) is 0 Å². The highest BCUT2D eigenvalue weighted by Gasteiger charge is 2.50. The lowest BCUT2D eigenvalue weighted by atomic mass is 9.31. The van der Waals surface area contributed by atoms with Gasteiger partial charge in [0.2, 0.25) is 6.71 Å². The molecule has 176 valence electrons. The summed E-state index contributed by atoms with van der Waals surface area (Å²) in [6, 6.07) is 38.7. The number of hydrogen-bond acceptors (Lipinski definition) is 0. The lowest BCUT2D eigenvalue weighted by molar-refractivity contribution is 0.665. The summed E-state index contributed by atoms with van der Waals surface area (Å²) >= 11 is 0. The molecule has 2 aliphatic heterocycles. The summed E-state index contributed by atoms with van der Waals surface area (Å²) < 4.78 is 5.17. The van der Waals surface area contributed by atoms with Gasteiger partial charge in [0.05, 0.1) is 22.1 Å². The van der Waals surface area contributed by atoms with Crippen LogP contribution in [0.25, 0.3) is 55.0 Å². The second-order valence-corrected chi connectivity index (χ2v) is 11.7. The van der Waals surface area contributed by atoms with Crippen LogP contribution in [0.2, 0.25) is 0 Å². The highest BCUT2D eigenvalue weighted by atomic mass is 15.0.